The number of ketones is 15. The Bertz CT molecular complexity index is 2710. The summed E-state index contributed by atoms with van der Waals surface area (Å²) in [6.07, 6.45) is 10.9. The summed E-state index contributed by atoms with van der Waals surface area (Å²) in [6, 6.07) is 0.0787. The first-order valence-corrected chi connectivity index (χ1v) is 46.6. The quantitative estimate of drug-likeness (QED) is 0.0155. The molecule has 0 aromatic heterocycles. The maximum absolute atomic E-state index is 10.9. The molecule has 0 fully saturated rings. The third kappa shape index (κ3) is 250. The van der Waals surface area contributed by atoms with Crippen LogP contribution in [0.25, 0.3) is 0 Å². The van der Waals surface area contributed by atoms with Crippen LogP contribution in [0.1, 0.15) is 272 Å². The molecule has 138 heavy (non-hydrogen) atoms. The van der Waals surface area contributed by atoms with Gasteiger partial charge < -0.3 is 133 Å². The minimum Gasteiger partial charge on any atom is -0.480 e. The van der Waals surface area contributed by atoms with Crippen LogP contribution in [0.3, 0.4) is 0 Å². The Kier molecular flexibility index (Phi) is 199. The SMILES string of the molecule is CC(=O)CN.CC(=O)CN(C)C.CC(=O)CN(C)C.CC(=O)C[N+](C)(C)C.CC(=O)C[NH+](C)C.CC(=O)C[NH3+].CC(=O)NCC(=O)O.CCC(NC)C(C)=O.CCCCC(C)CC(C)=O.CCCCCC.CCN(CC)CC(C)=O.CCNCC(C)=O.CC[N+](C)(C)CC(C)=O.CC[N+](C)(CC)CC(C)=O.CC[N+](CC)(CC)CC(C)=O.CNC(C)C(C)=O.C[NH2+]CC(C)=O.Cl.[CH3-].[CH3-].[CH3-].[CH3-].[CH3-].[CH3-].[CH3-]. The van der Waals surface area contributed by atoms with E-state index in [9.17, 15) is 81.5 Å². The molecule has 0 aromatic carbocycles. The van der Waals surface area contributed by atoms with Crippen molar-refractivity contribution >= 4 is 111 Å². The Morgan fingerprint density at radius 2 is 0.783 bits per heavy atom. The molecule has 0 aliphatic rings. The lowest BCUT2D eigenvalue weighted by molar-refractivity contribution is -0.915. The Morgan fingerprint density at radius 3 is 0.862 bits per heavy atom. The van der Waals surface area contributed by atoms with Crippen LogP contribution in [0.2, 0.25) is 0 Å². The topological polar surface area (TPSA) is 443 Å². The summed E-state index contributed by atoms with van der Waals surface area (Å²) in [5, 5.41) is 20.5. The Morgan fingerprint density at radius 1 is 0.435 bits per heavy atom. The number of amides is 1. The summed E-state index contributed by atoms with van der Waals surface area (Å²) in [7, 11) is 29.1. The second-order valence-electron chi connectivity index (χ2n) is 35.0. The number of nitrogens with zero attached hydrogens (tertiary/aromatic N) is 7. The van der Waals surface area contributed by atoms with Crippen LogP contribution in [0.4, 0.5) is 0 Å². The van der Waals surface area contributed by atoms with Crippen molar-refractivity contribution in [2.45, 2.75) is 285 Å². The molecule has 844 valence electrons. The van der Waals surface area contributed by atoms with Gasteiger partial charge in [-0.25, -0.2) is 0 Å². The van der Waals surface area contributed by atoms with Crippen LogP contribution in [-0.2, 0) is 81.5 Å². The van der Waals surface area contributed by atoms with Gasteiger partial charge in [-0.15, -0.1) is 12.4 Å². The molecular formula is C104H238ClN15O18. The number of carboxylic acid groups (broad SMARTS) is 1. The number of rotatable bonds is 46. The molecule has 0 spiro atoms. The van der Waals surface area contributed by atoms with Crippen LogP contribution >= 0.6 is 12.4 Å². The maximum Gasteiger partial charge on any atom is 0.322 e. The number of hydrogen-bond donors (Lipinski definition) is 9. The van der Waals surface area contributed by atoms with E-state index in [-0.39, 0.29) is 171 Å². The molecule has 0 saturated heterocycles. The molecule has 0 aromatic rings. The van der Waals surface area contributed by atoms with E-state index in [0.29, 0.717) is 89.5 Å². The number of Topliss-reactive ketones (excluding diaryl/α,β-unsaturated/α-hetero) is 15. The standard InChI is InChI=1S/C9H20NO.C9H18O.C8H18NO.C7H16NO.C7H15NO.C6H14NO.C6H13NO.C6H14.5C5H11NO.C4H7NO3.C4H9NO.2C3H7NO.7CH3.ClH/c1-5-10(6-2,7-3)8-9(4)11;1-4-5-6-8(2)7-9(3)10;1-5-9(4,6-2)7-8(3)10;1-5-8(3,4)6-7(2)9;1-4-8(5-2)6-7(3)9;1-6(8)5-7(2,3)4;1-4-6(7-3)5(2)8;1-3-5-6-4-2;3*1-5(7)4-6(2)3;1-4(6-3)5(2)7;1-3-6-4-5(2)7;1-3(6)5-2-4(7)8;1-4(6)3-5-2;2*1-3(5)2-4;;;;;;;;/h5-8H2,1-4H3;8H,4-7H2,1-3H3;5-7H2,1-4H3;5-6H2,1-4H3;4-6H2,1-3H3;5H2,1-4H3;6-7H,4H2,1-3H3;3-6H2,1-2H3;3*4H2,1-3H3;4,6H,1-3H3;6H,3-4H2,1-2H3;2H2,1H3,(H,5,6)(H,7,8);5H,3H2,1-2H3;2*2,4H2,1H3;7*1H3;1H/q+1;;2*+1;;+1;;;;;;;;;;;;7*-1;/p+3. The number of nitrogens with one attached hydrogen (secondary N) is 5. The number of carboxylic acids is 1. The number of aliphatic carboxylic acids is 1. The summed E-state index contributed by atoms with van der Waals surface area (Å²) in [4.78, 5) is 182. The molecule has 0 bridgehead atoms. The third-order valence-corrected chi connectivity index (χ3v) is 17.1. The number of carbonyl (C=O) groups is 17. The number of likely N-dealkylation sites (N-methyl/N-ethyl adjacent to an activating group) is 12. The van der Waals surface area contributed by atoms with Crippen molar-refractivity contribution in [2.24, 2.45) is 11.7 Å². The average Bonchev–Trinajstić information content (AvgIpc) is 0.870. The highest BCUT2D eigenvalue weighted by Crippen LogP contribution is 2.11. The first-order chi connectivity index (χ1) is 59.3. The minimum absolute atomic E-state index is 0. The summed E-state index contributed by atoms with van der Waals surface area (Å²) in [6.45, 7) is 72.2. The van der Waals surface area contributed by atoms with Crippen molar-refractivity contribution in [3.05, 3.63) is 52.0 Å². The molecular weight excluding hydrogens is 1780 g/mol. The monoisotopic (exact) mass is 2020 g/mol. The largest absolute Gasteiger partial charge is 0.480 e. The van der Waals surface area contributed by atoms with Crippen LogP contribution in [0, 0.1) is 57.9 Å². The van der Waals surface area contributed by atoms with Gasteiger partial charge in [-0.05, 0) is 178 Å². The third-order valence-electron chi connectivity index (χ3n) is 17.1. The lowest BCUT2D eigenvalue weighted by Gasteiger charge is -2.34. The second-order valence-corrected chi connectivity index (χ2v) is 35.0. The predicted octanol–water partition coefficient (Wildman–Crippen LogP) is 9.60. The van der Waals surface area contributed by atoms with E-state index in [1.165, 1.54) is 70.6 Å². The second kappa shape index (κ2) is 139. The molecule has 3 atom stereocenters. The van der Waals surface area contributed by atoms with E-state index in [1.807, 2.05) is 106 Å². The molecule has 0 radical (unpaired) electrons. The molecule has 0 saturated carbocycles. The van der Waals surface area contributed by atoms with Crippen molar-refractivity contribution in [1.29, 1.82) is 0 Å². The van der Waals surface area contributed by atoms with Crippen molar-refractivity contribution < 1.29 is 120 Å². The first-order valence-electron chi connectivity index (χ1n) is 46.6. The van der Waals surface area contributed by atoms with Gasteiger partial charge in [-0.3, -0.25) is 81.6 Å². The highest BCUT2D eigenvalue weighted by Gasteiger charge is 2.22. The van der Waals surface area contributed by atoms with Crippen LogP contribution in [0.5, 0.6) is 0 Å². The molecule has 0 aliphatic carbocycles. The zero-order valence-electron chi connectivity index (χ0n) is 100. The van der Waals surface area contributed by atoms with Gasteiger partial charge in [0, 0.05) is 61.8 Å². The zero-order chi connectivity index (χ0) is 107. The maximum atomic E-state index is 10.9. The molecule has 33 nitrogen and oxygen atoms in total. The summed E-state index contributed by atoms with van der Waals surface area (Å²) >= 11 is 0. The molecule has 34 heteroatoms. The highest BCUT2D eigenvalue weighted by molar-refractivity contribution is 5.85. The van der Waals surface area contributed by atoms with Gasteiger partial charge >= 0.3 is 5.97 Å². The van der Waals surface area contributed by atoms with Crippen LogP contribution in [-0.4, -0.2) is 398 Å². The normalized spacial score (nSPS) is 9.97. The Hall–Kier alpha value is -6.28. The number of carbonyl (C=O) groups excluding carboxylic acids is 16. The van der Waals surface area contributed by atoms with E-state index in [0.717, 1.165) is 89.7 Å². The Labute approximate surface area is 861 Å². The van der Waals surface area contributed by atoms with Gasteiger partial charge in [0.25, 0.3) is 0 Å². The van der Waals surface area contributed by atoms with Crippen molar-refractivity contribution in [2.75, 3.05) is 250 Å². The molecule has 0 aliphatic heterocycles. The van der Waals surface area contributed by atoms with Gasteiger partial charge in [0.05, 0.1) is 148 Å². The number of nitrogens with two attached hydrogens (primary N) is 2. The molecule has 13 N–H and O–H groups in total. The molecule has 1 amide bonds. The van der Waals surface area contributed by atoms with E-state index >= 15 is 0 Å². The number of quaternary nitrogens is 7. The number of halogens is 1. The van der Waals surface area contributed by atoms with Crippen molar-refractivity contribution in [1.82, 2.24) is 36.0 Å². The fourth-order valence-corrected chi connectivity index (χ4v) is 9.33. The Balaban J connectivity index is -0.0000000427. The van der Waals surface area contributed by atoms with Gasteiger partial charge in [0.1, 0.15) is 98.6 Å². The summed E-state index contributed by atoms with van der Waals surface area (Å²) in [5.74, 6) is 2.59. The molecule has 3 unspecified atom stereocenters. The van der Waals surface area contributed by atoms with Gasteiger partial charge in [-0.2, -0.15) is 0 Å². The first kappa shape index (κ1) is 198. The highest BCUT2D eigenvalue weighted by atomic mass is 35.5. The number of hydrogen-bond acceptors (Lipinski definition) is 24. The fraction of sp³-hybridized carbons (Fsp3) is 0.769. The average molecular weight is 2020 g/mol. The lowest BCUT2D eigenvalue weighted by Crippen LogP contribution is -3.06. The van der Waals surface area contributed by atoms with Crippen LogP contribution in [0.15, 0.2) is 0 Å². The molecule has 0 rings (SSSR count). The van der Waals surface area contributed by atoms with Gasteiger partial charge in [0.2, 0.25) is 5.91 Å². The van der Waals surface area contributed by atoms with E-state index < -0.39 is 5.97 Å². The smallest absolute Gasteiger partial charge is 0.322 e. The summed E-state index contributed by atoms with van der Waals surface area (Å²) in [5.41, 5.74) is 8.16. The fourth-order valence-electron chi connectivity index (χ4n) is 9.33. The van der Waals surface area contributed by atoms with Crippen molar-refractivity contribution in [3.8, 4) is 0 Å². The van der Waals surface area contributed by atoms with Gasteiger partial charge in [0.15, 0.2) is 40.5 Å². The van der Waals surface area contributed by atoms with Crippen molar-refractivity contribution in [3.63, 3.8) is 0 Å². The van der Waals surface area contributed by atoms with E-state index in [2.05, 4.69) is 136 Å². The lowest BCUT2D eigenvalue weighted by atomic mass is 9.99. The molecule has 0 heterocycles. The minimum atomic E-state index is -1.03. The van der Waals surface area contributed by atoms with Crippen LogP contribution < -0.4 is 43.0 Å². The predicted molar refractivity (Wildman–Crippen MR) is 593 cm³/mol. The van der Waals surface area contributed by atoms with Gasteiger partial charge in [-0.1, -0.05) is 100 Å². The summed E-state index contributed by atoms with van der Waals surface area (Å²) < 4.78 is 3.34. The number of unbranched alkanes of at least 4 members (excludes halogenated alkanes) is 4. The van der Waals surface area contributed by atoms with E-state index in [1.54, 1.807) is 104 Å². The van der Waals surface area contributed by atoms with E-state index in [4.69, 9.17) is 10.8 Å². The zero-order valence-corrected chi connectivity index (χ0v) is 101.